The molecule has 0 aliphatic heterocycles. The van der Waals surface area contributed by atoms with E-state index in [0.717, 1.165) is 15.8 Å². The fraction of sp³-hybridized carbons (Fsp3) is 0.300. The number of pyridine rings is 1. The van der Waals surface area contributed by atoms with Crippen LogP contribution >= 0.6 is 27.5 Å². The number of rotatable bonds is 1. The Balaban J connectivity index is 2.37. The lowest BCUT2D eigenvalue weighted by atomic mass is 10.4. The van der Waals surface area contributed by atoms with Gasteiger partial charge >= 0.3 is 0 Å². The molecule has 0 amide bonds. The normalized spacial score (nSPS) is 16.4. The van der Waals surface area contributed by atoms with E-state index in [-0.39, 0.29) is 0 Å². The molecule has 0 bridgehead atoms. The summed E-state index contributed by atoms with van der Waals surface area (Å²) in [6, 6.07) is 3.99. The van der Waals surface area contributed by atoms with E-state index in [2.05, 4.69) is 25.3 Å². The fourth-order valence-corrected chi connectivity index (χ4v) is 2.63. The number of hydrogen-bond acceptors (Lipinski definition) is 1. The molecule has 1 aliphatic rings. The summed E-state index contributed by atoms with van der Waals surface area (Å²) < 4.78 is 3.09. The van der Waals surface area contributed by atoms with Crippen molar-refractivity contribution in [2.24, 2.45) is 0 Å². The zero-order valence-corrected chi connectivity index (χ0v) is 9.72. The molecule has 2 aromatic heterocycles. The molecule has 0 unspecified atom stereocenters. The van der Waals surface area contributed by atoms with Crippen LogP contribution in [0.3, 0.4) is 0 Å². The van der Waals surface area contributed by atoms with E-state index in [9.17, 15) is 0 Å². The molecule has 0 N–H and O–H groups in total. The Morgan fingerprint density at radius 2 is 2.29 bits per heavy atom. The van der Waals surface area contributed by atoms with E-state index >= 15 is 0 Å². The molecule has 14 heavy (non-hydrogen) atoms. The van der Waals surface area contributed by atoms with Gasteiger partial charge in [0, 0.05) is 16.6 Å². The number of imidazole rings is 1. The summed E-state index contributed by atoms with van der Waals surface area (Å²) in [7, 11) is 0. The van der Waals surface area contributed by atoms with Gasteiger partial charge in [-0.25, -0.2) is 4.98 Å². The summed E-state index contributed by atoms with van der Waals surface area (Å²) >= 11 is 9.58. The van der Waals surface area contributed by atoms with Gasteiger partial charge in [-0.1, -0.05) is 11.6 Å². The maximum absolute atomic E-state index is 6.09. The predicted molar refractivity (Wildman–Crippen MR) is 59.9 cm³/mol. The minimum Gasteiger partial charge on any atom is -0.301 e. The quantitative estimate of drug-likeness (QED) is 0.774. The summed E-state index contributed by atoms with van der Waals surface area (Å²) in [6.45, 7) is 0. The van der Waals surface area contributed by atoms with Gasteiger partial charge in [0.15, 0.2) is 5.15 Å². The molecular weight excluding hydrogens is 263 g/mol. The van der Waals surface area contributed by atoms with Crippen molar-refractivity contribution in [2.75, 3.05) is 0 Å². The number of aromatic nitrogens is 2. The average Bonchev–Trinajstić information content (AvgIpc) is 2.93. The molecule has 1 fully saturated rings. The van der Waals surface area contributed by atoms with Crippen LogP contribution in [-0.4, -0.2) is 9.38 Å². The van der Waals surface area contributed by atoms with Crippen molar-refractivity contribution in [3.05, 3.63) is 33.8 Å². The number of hydrogen-bond donors (Lipinski definition) is 0. The summed E-state index contributed by atoms with van der Waals surface area (Å²) in [4.78, 5) is 4.41. The molecule has 3 rings (SSSR count). The van der Waals surface area contributed by atoms with Crippen LogP contribution in [0, 0.1) is 0 Å². The van der Waals surface area contributed by atoms with Gasteiger partial charge in [0.2, 0.25) is 0 Å². The molecule has 0 saturated heterocycles. The minimum absolute atomic E-state index is 0.597. The van der Waals surface area contributed by atoms with E-state index in [1.54, 1.807) is 0 Å². The Bertz CT molecular complexity index is 502. The number of nitrogens with zero attached hydrogens (tertiary/aromatic N) is 2. The van der Waals surface area contributed by atoms with Crippen molar-refractivity contribution in [2.45, 2.75) is 18.8 Å². The third-order valence-electron chi connectivity index (χ3n) is 2.54. The summed E-state index contributed by atoms with van der Waals surface area (Å²) in [5, 5.41) is 0.597. The monoisotopic (exact) mass is 270 g/mol. The summed E-state index contributed by atoms with van der Waals surface area (Å²) in [5.74, 6) is 1.72. The van der Waals surface area contributed by atoms with E-state index < -0.39 is 0 Å². The van der Waals surface area contributed by atoms with E-state index in [0.29, 0.717) is 11.1 Å². The van der Waals surface area contributed by atoms with Crippen molar-refractivity contribution in [1.29, 1.82) is 0 Å². The van der Waals surface area contributed by atoms with E-state index in [4.69, 9.17) is 11.6 Å². The average molecular weight is 272 g/mol. The van der Waals surface area contributed by atoms with Gasteiger partial charge in [-0.05, 0) is 40.9 Å². The second-order valence-electron chi connectivity index (χ2n) is 3.61. The van der Waals surface area contributed by atoms with Gasteiger partial charge in [0.05, 0.1) is 5.52 Å². The second-order valence-corrected chi connectivity index (χ2v) is 4.82. The predicted octanol–water partition coefficient (Wildman–Crippen LogP) is 3.63. The largest absolute Gasteiger partial charge is 0.301 e. The smallest absolute Gasteiger partial charge is 0.156 e. The molecule has 0 aromatic carbocycles. The molecule has 2 heterocycles. The van der Waals surface area contributed by atoms with Crippen LogP contribution < -0.4 is 0 Å². The summed E-state index contributed by atoms with van der Waals surface area (Å²) in [6.07, 6.45) is 4.50. The Hall–Kier alpha value is -0.540. The first-order chi connectivity index (χ1) is 6.77. The molecule has 0 radical (unpaired) electrons. The van der Waals surface area contributed by atoms with Crippen molar-refractivity contribution < 1.29 is 0 Å². The number of fused-ring (bicyclic) bond motifs is 1. The Labute approximate surface area is 95.0 Å². The van der Waals surface area contributed by atoms with Gasteiger partial charge in [0.1, 0.15) is 5.82 Å². The maximum Gasteiger partial charge on any atom is 0.156 e. The highest BCUT2D eigenvalue weighted by molar-refractivity contribution is 9.10. The first kappa shape index (κ1) is 8.74. The van der Waals surface area contributed by atoms with E-state index in [1.165, 1.54) is 12.8 Å². The lowest BCUT2D eigenvalue weighted by Crippen LogP contribution is -1.91. The Morgan fingerprint density at radius 3 is 3.00 bits per heavy atom. The molecule has 2 nitrogen and oxygen atoms in total. The molecule has 0 spiro atoms. The molecule has 4 heteroatoms. The zero-order valence-electron chi connectivity index (χ0n) is 7.37. The van der Waals surface area contributed by atoms with Gasteiger partial charge in [-0.15, -0.1) is 0 Å². The Kier molecular flexibility index (Phi) is 1.86. The minimum atomic E-state index is 0.597. The van der Waals surface area contributed by atoms with Crippen molar-refractivity contribution in [3.8, 4) is 0 Å². The van der Waals surface area contributed by atoms with Crippen LogP contribution in [0.4, 0.5) is 0 Å². The standard InChI is InChI=1S/C10H8BrClN2/c11-7-2-1-5-14-8(7)9(12)13-10(14)6-3-4-6/h1-2,5-6H,3-4H2. The van der Waals surface area contributed by atoms with Gasteiger partial charge in [-0.2, -0.15) is 0 Å². The third kappa shape index (κ3) is 1.19. The van der Waals surface area contributed by atoms with Gasteiger partial charge in [-0.3, -0.25) is 0 Å². The highest BCUT2D eigenvalue weighted by atomic mass is 79.9. The van der Waals surface area contributed by atoms with Gasteiger partial charge in [0.25, 0.3) is 0 Å². The molecular formula is C10H8BrClN2. The number of halogens is 2. The second kappa shape index (κ2) is 2.97. The molecule has 2 aromatic rings. The fourth-order valence-electron chi connectivity index (χ4n) is 1.71. The first-order valence-corrected chi connectivity index (χ1v) is 5.76. The van der Waals surface area contributed by atoms with Crippen LogP contribution in [0.5, 0.6) is 0 Å². The summed E-state index contributed by atoms with van der Waals surface area (Å²) in [5.41, 5.74) is 0.982. The van der Waals surface area contributed by atoms with Crippen LogP contribution in [0.15, 0.2) is 22.8 Å². The first-order valence-electron chi connectivity index (χ1n) is 4.59. The van der Waals surface area contributed by atoms with Crippen LogP contribution in [0.25, 0.3) is 5.52 Å². The highest BCUT2D eigenvalue weighted by Crippen LogP contribution is 2.41. The Morgan fingerprint density at radius 1 is 1.50 bits per heavy atom. The molecule has 0 atom stereocenters. The van der Waals surface area contributed by atoms with Crippen LogP contribution in [-0.2, 0) is 0 Å². The zero-order chi connectivity index (χ0) is 9.71. The lowest BCUT2D eigenvalue weighted by molar-refractivity contribution is 0.920. The molecule has 1 aliphatic carbocycles. The molecule has 72 valence electrons. The van der Waals surface area contributed by atoms with E-state index in [1.807, 2.05) is 18.3 Å². The molecule has 1 saturated carbocycles. The van der Waals surface area contributed by atoms with Crippen molar-refractivity contribution in [1.82, 2.24) is 9.38 Å². The van der Waals surface area contributed by atoms with Crippen LogP contribution in [0.1, 0.15) is 24.6 Å². The third-order valence-corrected chi connectivity index (χ3v) is 3.45. The topological polar surface area (TPSA) is 17.3 Å². The highest BCUT2D eigenvalue weighted by Gasteiger charge is 2.29. The van der Waals surface area contributed by atoms with Gasteiger partial charge < -0.3 is 4.40 Å². The van der Waals surface area contributed by atoms with Crippen molar-refractivity contribution >= 4 is 33.0 Å². The maximum atomic E-state index is 6.09. The lowest BCUT2D eigenvalue weighted by Gasteiger charge is -1.99. The van der Waals surface area contributed by atoms with Crippen LogP contribution in [0.2, 0.25) is 5.15 Å². The van der Waals surface area contributed by atoms with Crippen molar-refractivity contribution in [3.63, 3.8) is 0 Å². The SMILES string of the molecule is Clc1nc(C2CC2)n2cccc(Br)c12.